The fourth-order valence-electron chi connectivity index (χ4n) is 1.44. The first-order valence-corrected chi connectivity index (χ1v) is 4.66. The van der Waals surface area contributed by atoms with Crippen LogP contribution in [0, 0.1) is 0 Å². The lowest BCUT2D eigenvalue weighted by Crippen LogP contribution is -2.46. The summed E-state index contributed by atoms with van der Waals surface area (Å²) < 4.78 is 0. The van der Waals surface area contributed by atoms with E-state index < -0.39 is 6.04 Å². The zero-order valence-corrected chi connectivity index (χ0v) is 7.62. The average Bonchev–Trinajstić information content (AvgIpc) is 2.21. The first-order valence-electron chi connectivity index (χ1n) is 4.66. The van der Waals surface area contributed by atoms with E-state index in [-0.39, 0.29) is 0 Å². The summed E-state index contributed by atoms with van der Waals surface area (Å²) in [6.45, 7) is 2.54. The standard InChI is InChI=1S/C8H17N3O2/c12-6-8(11-13)5-10-7-1-3-9-4-2-7/h6-11,13H,1-5H2. The number of carbonyl (C=O) groups excluding carboxylic acids is 1. The van der Waals surface area contributed by atoms with Gasteiger partial charge in [-0.2, -0.15) is 5.48 Å². The largest absolute Gasteiger partial charge is 0.317 e. The van der Waals surface area contributed by atoms with E-state index in [2.05, 4.69) is 10.6 Å². The molecule has 1 fully saturated rings. The molecule has 0 aliphatic carbocycles. The van der Waals surface area contributed by atoms with Crippen LogP contribution in [0.4, 0.5) is 0 Å². The minimum atomic E-state index is -0.491. The Morgan fingerprint density at radius 1 is 1.54 bits per heavy atom. The summed E-state index contributed by atoms with van der Waals surface area (Å²) in [4.78, 5) is 10.3. The second kappa shape index (κ2) is 6.04. The lowest BCUT2D eigenvalue weighted by Gasteiger charge is -2.24. The zero-order chi connectivity index (χ0) is 9.52. The minimum absolute atomic E-state index is 0.469. The van der Waals surface area contributed by atoms with Crippen LogP contribution in [0.25, 0.3) is 0 Å². The second-order valence-electron chi connectivity index (χ2n) is 3.30. The van der Waals surface area contributed by atoms with Gasteiger partial charge in [-0.25, -0.2) is 0 Å². The molecular formula is C8H17N3O2. The molecular weight excluding hydrogens is 170 g/mol. The van der Waals surface area contributed by atoms with E-state index in [4.69, 9.17) is 5.21 Å². The molecule has 0 bridgehead atoms. The monoisotopic (exact) mass is 187 g/mol. The SMILES string of the molecule is O=CC(CNC1CCNCC1)NO. The van der Waals surface area contributed by atoms with Crippen LogP contribution >= 0.6 is 0 Å². The molecule has 76 valence electrons. The predicted molar refractivity (Wildman–Crippen MR) is 48.7 cm³/mol. The summed E-state index contributed by atoms with van der Waals surface area (Å²) in [7, 11) is 0. The summed E-state index contributed by atoms with van der Waals surface area (Å²) in [5.74, 6) is 0. The Balaban J connectivity index is 2.12. The molecule has 0 aromatic rings. The maximum Gasteiger partial charge on any atom is 0.140 e. The van der Waals surface area contributed by atoms with Crippen LogP contribution in [-0.4, -0.2) is 43.2 Å². The van der Waals surface area contributed by atoms with Crippen LogP contribution in [0.2, 0.25) is 0 Å². The molecule has 13 heavy (non-hydrogen) atoms. The van der Waals surface area contributed by atoms with Crippen LogP contribution in [0.15, 0.2) is 0 Å². The summed E-state index contributed by atoms with van der Waals surface area (Å²) in [5, 5.41) is 15.0. The number of piperidine rings is 1. The highest BCUT2D eigenvalue weighted by molar-refractivity contribution is 5.57. The van der Waals surface area contributed by atoms with Crippen molar-refractivity contribution in [3.63, 3.8) is 0 Å². The Morgan fingerprint density at radius 2 is 2.23 bits per heavy atom. The lowest BCUT2D eigenvalue weighted by molar-refractivity contribution is -0.111. The van der Waals surface area contributed by atoms with E-state index in [1.54, 1.807) is 0 Å². The van der Waals surface area contributed by atoms with Gasteiger partial charge in [0.25, 0.3) is 0 Å². The molecule has 1 heterocycles. The van der Waals surface area contributed by atoms with Crippen molar-refractivity contribution < 1.29 is 10.0 Å². The van der Waals surface area contributed by atoms with Gasteiger partial charge < -0.3 is 20.6 Å². The van der Waals surface area contributed by atoms with Gasteiger partial charge in [-0.1, -0.05) is 0 Å². The van der Waals surface area contributed by atoms with Gasteiger partial charge in [0.05, 0.1) is 6.04 Å². The highest BCUT2D eigenvalue weighted by Crippen LogP contribution is 2.01. The maximum absolute atomic E-state index is 10.3. The molecule has 5 nitrogen and oxygen atoms in total. The molecule has 1 rings (SSSR count). The molecule has 0 aromatic heterocycles. The Morgan fingerprint density at radius 3 is 2.77 bits per heavy atom. The highest BCUT2D eigenvalue weighted by atomic mass is 16.5. The van der Waals surface area contributed by atoms with Crippen molar-refractivity contribution >= 4 is 6.29 Å². The molecule has 0 aromatic carbocycles. The number of nitrogens with one attached hydrogen (secondary N) is 3. The lowest BCUT2D eigenvalue weighted by atomic mass is 10.1. The Bertz CT molecular complexity index is 148. The van der Waals surface area contributed by atoms with E-state index in [0.717, 1.165) is 25.9 Å². The van der Waals surface area contributed by atoms with Crippen LogP contribution in [0.1, 0.15) is 12.8 Å². The van der Waals surface area contributed by atoms with Gasteiger partial charge >= 0.3 is 0 Å². The molecule has 1 saturated heterocycles. The number of aldehydes is 1. The van der Waals surface area contributed by atoms with Gasteiger partial charge in [-0.05, 0) is 25.9 Å². The van der Waals surface area contributed by atoms with Crippen molar-refractivity contribution in [2.24, 2.45) is 0 Å². The molecule has 1 aliphatic rings. The number of hydrogen-bond donors (Lipinski definition) is 4. The number of hydroxylamine groups is 1. The fourth-order valence-corrected chi connectivity index (χ4v) is 1.44. The van der Waals surface area contributed by atoms with Gasteiger partial charge in [-0.15, -0.1) is 0 Å². The zero-order valence-electron chi connectivity index (χ0n) is 7.62. The average molecular weight is 187 g/mol. The van der Waals surface area contributed by atoms with Crippen LogP contribution in [0.3, 0.4) is 0 Å². The maximum atomic E-state index is 10.3. The summed E-state index contributed by atoms with van der Waals surface area (Å²) in [5.41, 5.74) is 1.95. The van der Waals surface area contributed by atoms with Gasteiger partial charge in [0, 0.05) is 12.6 Å². The van der Waals surface area contributed by atoms with E-state index in [1.807, 2.05) is 5.48 Å². The second-order valence-corrected chi connectivity index (χ2v) is 3.30. The topological polar surface area (TPSA) is 73.4 Å². The van der Waals surface area contributed by atoms with Crippen LogP contribution < -0.4 is 16.1 Å². The van der Waals surface area contributed by atoms with E-state index in [9.17, 15) is 4.79 Å². The third-order valence-corrected chi connectivity index (χ3v) is 2.30. The molecule has 1 atom stereocenters. The Kier molecular flexibility index (Phi) is 4.92. The van der Waals surface area contributed by atoms with Gasteiger partial charge in [-0.3, -0.25) is 0 Å². The van der Waals surface area contributed by atoms with Crippen molar-refractivity contribution in [3.8, 4) is 0 Å². The third kappa shape index (κ3) is 3.82. The van der Waals surface area contributed by atoms with Crippen molar-refractivity contribution in [3.05, 3.63) is 0 Å². The fraction of sp³-hybridized carbons (Fsp3) is 0.875. The highest BCUT2D eigenvalue weighted by Gasteiger charge is 2.13. The van der Waals surface area contributed by atoms with Crippen LogP contribution in [0.5, 0.6) is 0 Å². The smallest absolute Gasteiger partial charge is 0.140 e. The number of hydrogen-bond acceptors (Lipinski definition) is 5. The van der Waals surface area contributed by atoms with Crippen molar-refractivity contribution in [1.29, 1.82) is 0 Å². The van der Waals surface area contributed by atoms with E-state index in [1.165, 1.54) is 0 Å². The van der Waals surface area contributed by atoms with E-state index in [0.29, 0.717) is 18.9 Å². The molecule has 1 aliphatic heterocycles. The Labute approximate surface area is 77.8 Å². The van der Waals surface area contributed by atoms with Gasteiger partial charge in [0.15, 0.2) is 0 Å². The molecule has 1 unspecified atom stereocenters. The summed E-state index contributed by atoms with van der Waals surface area (Å²) in [6.07, 6.45) is 2.86. The number of rotatable bonds is 5. The Hall–Kier alpha value is -0.490. The number of carbonyl (C=O) groups is 1. The first kappa shape index (κ1) is 10.6. The quantitative estimate of drug-likeness (QED) is 0.324. The van der Waals surface area contributed by atoms with E-state index >= 15 is 0 Å². The molecule has 4 N–H and O–H groups in total. The third-order valence-electron chi connectivity index (χ3n) is 2.30. The van der Waals surface area contributed by atoms with Gasteiger partial charge in [0.1, 0.15) is 6.29 Å². The summed E-state index contributed by atoms with van der Waals surface area (Å²) >= 11 is 0. The molecule has 0 spiro atoms. The van der Waals surface area contributed by atoms with Crippen molar-refractivity contribution in [2.45, 2.75) is 24.9 Å². The van der Waals surface area contributed by atoms with Gasteiger partial charge in [0.2, 0.25) is 0 Å². The molecule has 0 saturated carbocycles. The van der Waals surface area contributed by atoms with Crippen molar-refractivity contribution in [2.75, 3.05) is 19.6 Å². The molecule has 5 heteroatoms. The predicted octanol–water partition coefficient (Wildman–Crippen LogP) is -1.13. The first-order chi connectivity index (χ1) is 6.36. The molecule has 0 radical (unpaired) electrons. The summed E-state index contributed by atoms with van der Waals surface area (Å²) in [6, 6.07) is -0.0214. The molecule has 0 amide bonds. The minimum Gasteiger partial charge on any atom is -0.317 e. The van der Waals surface area contributed by atoms with Crippen molar-refractivity contribution in [1.82, 2.24) is 16.1 Å². The van der Waals surface area contributed by atoms with Crippen LogP contribution in [-0.2, 0) is 4.79 Å². The normalized spacial score (nSPS) is 21.3.